The number of rotatable bonds is 7. The normalized spacial score (nSPS) is 12.2. The van der Waals surface area contributed by atoms with Gasteiger partial charge in [-0.15, -0.1) is 0 Å². The first kappa shape index (κ1) is 19.7. The van der Waals surface area contributed by atoms with E-state index >= 15 is 0 Å². The number of hydrogen-bond acceptors (Lipinski definition) is 6. The molecule has 0 saturated heterocycles. The molecule has 2 heterocycles. The second-order valence-corrected chi connectivity index (χ2v) is 6.17. The van der Waals surface area contributed by atoms with Crippen molar-refractivity contribution in [2.24, 2.45) is 4.99 Å². The predicted octanol–water partition coefficient (Wildman–Crippen LogP) is 4.53. The van der Waals surface area contributed by atoms with E-state index in [-0.39, 0.29) is 23.1 Å². The first-order valence-electron chi connectivity index (χ1n) is 7.90. The molecule has 1 aromatic carbocycles. The maximum atomic E-state index is 13.4. The van der Waals surface area contributed by atoms with Gasteiger partial charge < -0.3 is 9.47 Å². The molecule has 0 spiro atoms. The van der Waals surface area contributed by atoms with Crippen molar-refractivity contribution >= 4 is 30.0 Å². The summed E-state index contributed by atoms with van der Waals surface area (Å²) >= 11 is 1.14. The number of thioether (sulfide) groups is 1. The highest BCUT2D eigenvalue weighted by Gasteiger charge is 2.39. The zero-order valence-corrected chi connectivity index (χ0v) is 15.5. The number of ether oxygens (including phenoxy) is 2. The molecule has 0 bridgehead atoms. The molecule has 3 aromatic rings. The average molecular weight is 408 g/mol. The van der Waals surface area contributed by atoms with Crippen molar-refractivity contribution in [2.75, 3.05) is 13.0 Å². The second-order valence-electron chi connectivity index (χ2n) is 5.36. The van der Waals surface area contributed by atoms with Crippen molar-refractivity contribution in [3.8, 4) is 11.5 Å². The Bertz CT molecular complexity index is 1000. The first-order valence-corrected chi connectivity index (χ1v) is 8.95. The Hall–Kier alpha value is -3.01. The zero-order chi connectivity index (χ0) is 20.1. The van der Waals surface area contributed by atoms with Gasteiger partial charge in [-0.1, -0.05) is 11.8 Å². The number of hydrogen-bond donors (Lipinski definition) is 0. The van der Waals surface area contributed by atoms with Crippen molar-refractivity contribution in [2.45, 2.75) is 6.18 Å². The van der Waals surface area contributed by atoms with Crippen LogP contribution in [0.5, 0.6) is 11.5 Å². The minimum Gasteiger partial charge on any atom is -0.497 e. The Morgan fingerprint density at radius 3 is 2.64 bits per heavy atom. The summed E-state index contributed by atoms with van der Waals surface area (Å²) < 4.78 is 52.1. The third kappa shape index (κ3) is 4.28. The number of aliphatic imine (C=N–C) groups is 1. The van der Waals surface area contributed by atoms with Crippen LogP contribution in [0.15, 0.2) is 53.1 Å². The van der Waals surface area contributed by atoms with Gasteiger partial charge >= 0.3 is 6.18 Å². The van der Waals surface area contributed by atoms with Crippen LogP contribution in [0.2, 0.25) is 0 Å². The van der Waals surface area contributed by atoms with Crippen molar-refractivity contribution in [1.29, 1.82) is 0 Å². The molecule has 28 heavy (non-hydrogen) atoms. The summed E-state index contributed by atoms with van der Waals surface area (Å²) in [5, 5.41) is 1.45. The highest BCUT2D eigenvalue weighted by molar-refractivity contribution is 8.02. The minimum absolute atomic E-state index is 0.0242. The molecule has 0 unspecified atom stereocenters. The summed E-state index contributed by atoms with van der Waals surface area (Å²) in [6.45, 7) is 3.39. The maximum absolute atomic E-state index is 13.4. The second kappa shape index (κ2) is 8.34. The van der Waals surface area contributed by atoms with E-state index in [9.17, 15) is 13.2 Å². The summed E-state index contributed by atoms with van der Waals surface area (Å²) in [6.07, 6.45) is -1.84. The van der Waals surface area contributed by atoms with Crippen LogP contribution in [0, 0.1) is 0 Å². The third-order valence-electron chi connectivity index (χ3n) is 3.63. The Morgan fingerprint density at radius 1 is 1.29 bits per heavy atom. The summed E-state index contributed by atoms with van der Waals surface area (Å²) in [7, 11) is 1.56. The molecule has 0 saturated carbocycles. The van der Waals surface area contributed by atoms with E-state index in [1.54, 1.807) is 31.4 Å². The van der Waals surface area contributed by atoms with Crippen molar-refractivity contribution < 1.29 is 22.6 Å². The van der Waals surface area contributed by atoms with Crippen LogP contribution in [-0.2, 0) is 6.18 Å². The Labute approximate surface area is 162 Å². The number of fused-ring (bicyclic) bond motifs is 1. The molecule has 0 amide bonds. The van der Waals surface area contributed by atoms with Crippen molar-refractivity contribution in [1.82, 2.24) is 14.4 Å². The monoisotopic (exact) mass is 408 g/mol. The average Bonchev–Trinajstić information content (AvgIpc) is 3.09. The van der Waals surface area contributed by atoms with Crippen LogP contribution in [0.1, 0.15) is 11.4 Å². The zero-order valence-electron chi connectivity index (χ0n) is 14.7. The molecular formula is C18H15F3N4O2S. The van der Waals surface area contributed by atoms with Gasteiger partial charge in [0.2, 0.25) is 5.78 Å². The van der Waals surface area contributed by atoms with Gasteiger partial charge in [0.15, 0.2) is 5.69 Å². The number of benzene rings is 1. The minimum atomic E-state index is -4.66. The number of methoxy groups -OCH3 is 1. The summed E-state index contributed by atoms with van der Waals surface area (Å²) in [5.74, 6) is 1.39. The van der Waals surface area contributed by atoms with Gasteiger partial charge in [-0.3, -0.25) is 9.39 Å². The third-order valence-corrected chi connectivity index (χ3v) is 4.28. The Balaban J connectivity index is 1.81. The molecular weight excluding hydrogens is 393 g/mol. The molecule has 146 valence electrons. The summed E-state index contributed by atoms with van der Waals surface area (Å²) in [5.41, 5.74) is -1.26. The van der Waals surface area contributed by atoms with Gasteiger partial charge in [-0.25, -0.2) is 9.97 Å². The lowest BCUT2D eigenvalue weighted by Crippen LogP contribution is -2.09. The quantitative estimate of drug-likeness (QED) is 0.327. The molecule has 0 aliphatic rings. The highest BCUT2D eigenvalue weighted by Crippen LogP contribution is 2.35. The molecule has 0 aliphatic carbocycles. The van der Waals surface area contributed by atoms with Crippen molar-refractivity contribution in [3.05, 3.63) is 59.5 Å². The van der Waals surface area contributed by atoms with E-state index in [0.717, 1.165) is 11.8 Å². The Kier molecular flexibility index (Phi) is 5.88. The van der Waals surface area contributed by atoms with Crippen LogP contribution < -0.4 is 9.47 Å². The van der Waals surface area contributed by atoms with Gasteiger partial charge in [-0.05, 0) is 37.0 Å². The number of imidazole rings is 1. The van der Waals surface area contributed by atoms with E-state index in [2.05, 4.69) is 21.7 Å². The SMILES string of the molecule is C=N/C(=C\SCOc1ccc(OC)cc1)c1c(C(F)(F)F)nc2ncccn12. The fraction of sp³-hybridized carbons (Fsp3) is 0.167. The number of halogens is 3. The number of alkyl halides is 3. The fourth-order valence-corrected chi connectivity index (χ4v) is 3.00. The molecule has 2 aromatic heterocycles. The van der Waals surface area contributed by atoms with Gasteiger partial charge in [0.25, 0.3) is 0 Å². The molecule has 10 heteroatoms. The molecule has 0 radical (unpaired) electrons. The standard InChI is InChI=1S/C18H15F3N4O2S/c1-22-14(10-28-11-27-13-6-4-12(26-2)5-7-13)15-16(18(19,20)21)24-17-23-8-3-9-25(15)17/h3-10H,1,11H2,2H3/b14-10-. The predicted molar refractivity (Wildman–Crippen MR) is 102 cm³/mol. The first-order chi connectivity index (χ1) is 13.4. The molecule has 0 atom stereocenters. The maximum Gasteiger partial charge on any atom is 0.435 e. The van der Waals surface area contributed by atoms with Crippen LogP contribution >= 0.6 is 11.8 Å². The van der Waals surface area contributed by atoms with Crippen LogP contribution in [0.25, 0.3) is 11.5 Å². The lowest BCUT2D eigenvalue weighted by molar-refractivity contribution is -0.141. The molecule has 6 nitrogen and oxygen atoms in total. The van der Waals surface area contributed by atoms with Gasteiger partial charge in [0.05, 0.1) is 12.8 Å². The molecule has 3 rings (SSSR count). The topological polar surface area (TPSA) is 61.0 Å². The molecule has 0 N–H and O–H groups in total. The van der Waals surface area contributed by atoms with E-state index in [0.29, 0.717) is 11.5 Å². The van der Waals surface area contributed by atoms with Crippen LogP contribution in [0.3, 0.4) is 0 Å². The largest absolute Gasteiger partial charge is 0.497 e. The summed E-state index contributed by atoms with van der Waals surface area (Å²) in [6, 6.07) is 8.46. The van der Waals surface area contributed by atoms with E-state index in [1.165, 1.54) is 28.3 Å². The van der Waals surface area contributed by atoms with Crippen LogP contribution in [-0.4, -0.2) is 34.1 Å². The van der Waals surface area contributed by atoms with E-state index < -0.39 is 11.9 Å². The summed E-state index contributed by atoms with van der Waals surface area (Å²) in [4.78, 5) is 11.2. The van der Waals surface area contributed by atoms with Gasteiger partial charge in [0, 0.05) is 17.8 Å². The van der Waals surface area contributed by atoms with Crippen molar-refractivity contribution in [3.63, 3.8) is 0 Å². The number of nitrogens with zero attached hydrogens (tertiary/aromatic N) is 4. The lowest BCUT2D eigenvalue weighted by atomic mass is 10.2. The molecule has 0 fully saturated rings. The van der Waals surface area contributed by atoms with Gasteiger partial charge in [0.1, 0.15) is 23.1 Å². The highest BCUT2D eigenvalue weighted by atomic mass is 32.2. The fourth-order valence-electron chi connectivity index (χ4n) is 2.38. The van der Waals surface area contributed by atoms with Gasteiger partial charge in [-0.2, -0.15) is 13.2 Å². The lowest BCUT2D eigenvalue weighted by Gasteiger charge is -2.08. The molecule has 0 aliphatic heterocycles. The Morgan fingerprint density at radius 2 is 2.00 bits per heavy atom. The van der Waals surface area contributed by atoms with Crippen LogP contribution in [0.4, 0.5) is 13.2 Å². The number of aromatic nitrogens is 3. The van der Waals surface area contributed by atoms with E-state index in [1.807, 2.05) is 0 Å². The van der Waals surface area contributed by atoms with E-state index in [4.69, 9.17) is 9.47 Å². The smallest absolute Gasteiger partial charge is 0.435 e.